The molecule has 0 unspecified atom stereocenters. The maximum Gasteiger partial charge on any atom is 4.00 e. The summed E-state index contributed by atoms with van der Waals surface area (Å²) in [6.45, 7) is -0.414. The van der Waals surface area contributed by atoms with E-state index >= 15 is 0 Å². The summed E-state index contributed by atoms with van der Waals surface area (Å²) in [4.78, 5) is 0. The van der Waals surface area contributed by atoms with Gasteiger partial charge in [0.1, 0.15) is 0 Å². The molecule has 2 aromatic rings. The van der Waals surface area contributed by atoms with Crippen LogP contribution in [0.15, 0.2) is 60.7 Å². The Morgan fingerprint density at radius 3 is 1.26 bits per heavy atom. The second-order valence-corrected chi connectivity index (χ2v) is 11.1. The smallest absolute Gasteiger partial charge is 0.273 e. The van der Waals surface area contributed by atoms with Gasteiger partial charge in [0.15, 0.2) is 0 Å². The molecule has 208 valence electrons. The predicted octanol–water partition coefficient (Wildman–Crippen LogP) is 4.24. The normalized spacial score (nSPS) is 12.9. The zero-order valence-electron chi connectivity index (χ0n) is 21.1. The summed E-state index contributed by atoms with van der Waals surface area (Å²) in [5.74, 6) is -3.40. The van der Waals surface area contributed by atoms with Crippen LogP contribution in [0.5, 0.6) is 0 Å². The van der Waals surface area contributed by atoms with Gasteiger partial charge >= 0.3 is 21.7 Å². The van der Waals surface area contributed by atoms with E-state index in [0.717, 1.165) is 37.5 Å². The van der Waals surface area contributed by atoms with Crippen LogP contribution in [0, 0.1) is 47.6 Å². The molecule has 0 spiro atoms. The van der Waals surface area contributed by atoms with Crippen LogP contribution >= 0.6 is 0 Å². The molecule has 0 amide bonds. The van der Waals surface area contributed by atoms with Crippen LogP contribution in [0.3, 0.4) is 0 Å². The molecule has 0 aromatic heterocycles. The zero-order chi connectivity index (χ0) is 28.6. The van der Waals surface area contributed by atoms with E-state index in [1.807, 2.05) is 24.3 Å². The summed E-state index contributed by atoms with van der Waals surface area (Å²) >= 11 is 0. The molecule has 2 aliphatic carbocycles. The van der Waals surface area contributed by atoms with E-state index in [1.54, 1.807) is 12.1 Å². The van der Waals surface area contributed by atoms with Gasteiger partial charge in [-0.2, -0.15) is 24.3 Å². The van der Waals surface area contributed by atoms with Gasteiger partial charge in [0, 0.05) is 23.3 Å². The van der Waals surface area contributed by atoms with Crippen molar-refractivity contribution < 1.29 is 56.1 Å². The van der Waals surface area contributed by atoms with Crippen LogP contribution in [0.4, 0.5) is 17.6 Å². The quantitative estimate of drug-likeness (QED) is 0.288. The number of nitrogens with one attached hydrogen (secondary N) is 2. The first-order valence-corrected chi connectivity index (χ1v) is 14.6. The van der Waals surface area contributed by atoms with Crippen molar-refractivity contribution in [2.75, 3.05) is 12.5 Å². The SMILES string of the molecule is CS(=O)(=O)NCc1ccc(F)[c-]c1F.CS(=O)(=O)NCc1ccc(F)[c-]c1F.[C-]1=CC=CC1.[C-]1=CC=CC1.[Ti+4]. The molecule has 0 saturated heterocycles. The van der Waals surface area contributed by atoms with Crippen molar-refractivity contribution in [1.29, 1.82) is 0 Å². The van der Waals surface area contributed by atoms with Gasteiger partial charge < -0.3 is 0 Å². The van der Waals surface area contributed by atoms with Gasteiger partial charge in [0.25, 0.3) is 0 Å². The number of hydrogen-bond donors (Lipinski definition) is 2. The van der Waals surface area contributed by atoms with E-state index in [9.17, 15) is 34.4 Å². The Bertz CT molecular complexity index is 1250. The molecule has 0 aliphatic heterocycles. The first kappa shape index (κ1) is 36.7. The van der Waals surface area contributed by atoms with Crippen LogP contribution in [-0.4, -0.2) is 29.3 Å². The number of halogens is 4. The summed E-state index contributed by atoms with van der Waals surface area (Å²) in [5, 5.41) is 0. The van der Waals surface area contributed by atoms with Gasteiger partial charge in [-0.25, -0.2) is 68.1 Å². The van der Waals surface area contributed by atoms with Crippen LogP contribution in [0.25, 0.3) is 0 Å². The van der Waals surface area contributed by atoms with Crippen molar-refractivity contribution in [1.82, 2.24) is 9.44 Å². The zero-order valence-corrected chi connectivity index (χ0v) is 24.3. The monoisotopic (exact) mass is 618 g/mol. The fourth-order valence-corrected chi connectivity index (χ4v) is 3.15. The minimum absolute atomic E-state index is 0. The Kier molecular flexibility index (Phi) is 17.7. The van der Waals surface area contributed by atoms with Gasteiger partial charge in [-0.3, -0.25) is 12.2 Å². The number of rotatable bonds is 6. The second kappa shape index (κ2) is 18.9. The molecule has 2 aliphatic rings. The molecule has 13 heteroatoms. The first-order chi connectivity index (χ1) is 17.8. The first-order valence-electron chi connectivity index (χ1n) is 10.8. The summed E-state index contributed by atoms with van der Waals surface area (Å²) in [6.07, 6.45) is 21.9. The van der Waals surface area contributed by atoms with Gasteiger partial charge in [-0.15, -0.1) is 48.2 Å². The van der Waals surface area contributed by atoms with Gasteiger partial charge in [-0.05, 0) is 13.1 Å². The Hall–Kier alpha value is -2.35. The number of benzene rings is 2. The van der Waals surface area contributed by atoms with Crippen molar-refractivity contribution >= 4 is 20.0 Å². The van der Waals surface area contributed by atoms with Crippen molar-refractivity contribution in [3.63, 3.8) is 0 Å². The van der Waals surface area contributed by atoms with E-state index in [1.165, 1.54) is 12.1 Å². The molecule has 2 N–H and O–H groups in total. The molecule has 0 radical (unpaired) electrons. The van der Waals surface area contributed by atoms with E-state index in [-0.39, 0.29) is 45.9 Å². The van der Waals surface area contributed by atoms with Crippen LogP contribution in [-0.2, 0) is 54.9 Å². The van der Waals surface area contributed by atoms with Gasteiger partial charge in [-0.1, -0.05) is 0 Å². The third kappa shape index (κ3) is 19.4. The fraction of sp³-hybridized carbons (Fsp3) is 0.231. The molecule has 6 nitrogen and oxygen atoms in total. The van der Waals surface area contributed by atoms with Crippen molar-refractivity contribution in [2.45, 2.75) is 25.9 Å². The minimum atomic E-state index is -3.37. The molecule has 0 saturated carbocycles. The van der Waals surface area contributed by atoms with Crippen LogP contribution in [0.1, 0.15) is 24.0 Å². The molecule has 0 fully saturated rings. The molecular formula is C26H26F4N2O4S2Ti. The van der Waals surface area contributed by atoms with E-state index < -0.39 is 43.3 Å². The molecule has 0 heterocycles. The molecular weight excluding hydrogens is 592 g/mol. The van der Waals surface area contributed by atoms with E-state index in [2.05, 4.69) is 33.7 Å². The standard InChI is InChI=1S/2C8H8F2NO2S.2C5H5.Ti/c2*1-14(12,13)11-5-6-2-3-7(9)4-8(6)10;2*1-2-4-5-3-1;/h2*2-3,11H,5H2,1H3;2*1-3H,4H2;/q4*-1;+4. The van der Waals surface area contributed by atoms with Gasteiger partial charge in [0.2, 0.25) is 20.0 Å². The number of hydrogen-bond acceptors (Lipinski definition) is 4. The number of sulfonamides is 2. The summed E-state index contributed by atoms with van der Waals surface area (Å²) in [5.41, 5.74) is 0.105. The third-order valence-corrected chi connectivity index (χ3v) is 5.44. The molecule has 39 heavy (non-hydrogen) atoms. The third-order valence-electron chi connectivity index (χ3n) is 4.11. The average molecular weight is 618 g/mol. The van der Waals surface area contributed by atoms with E-state index in [0.29, 0.717) is 0 Å². The maximum atomic E-state index is 12.9. The molecule has 0 atom stereocenters. The summed E-state index contributed by atoms with van der Waals surface area (Å²) < 4.78 is 97.4. The predicted molar refractivity (Wildman–Crippen MR) is 137 cm³/mol. The topological polar surface area (TPSA) is 92.3 Å². The Morgan fingerprint density at radius 2 is 1.05 bits per heavy atom. The Balaban J connectivity index is 0.000000537. The number of allylic oxidation sites excluding steroid dienone is 8. The maximum absolute atomic E-state index is 12.9. The summed E-state index contributed by atoms with van der Waals surface area (Å²) in [7, 11) is -6.75. The van der Waals surface area contributed by atoms with Crippen LogP contribution in [0.2, 0.25) is 0 Å². The Labute approximate surface area is 242 Å². The Morgan fingerprint density at radius 1 is 0.692 bits per heavy atom. The fourth-order valence-electron chi connectivity index (χ4n) is 2.32. The van der Waals surface area contributed by atoms with Crippen molar-refractivity contribution in [2.24, 2.45) is 0 Å². The molecule has 4 rings (SSSR count). The summed E-state index contributed by atoms with van der Waals surface area (Å²) in [6, 6.07) is 7.98. The average Bonchev–Trinajstić information content (AvgIpc) is 3.56. The largest absolute Gasteiger partial charge is 4.00 e. The van der Waals surface area contributed by atoms with Crippen molar-refractivity contribution in [3.05, 3.63) is 119 Å². The van der Waals surface area contributed by atoms with E-state index in [4.69, 9.17) is 0 Å². The molecule has 0 bridgehead atoms. The van der Waals surface area contributed by atoms with Gasteiger partial charge in [0.05, 0.1) is 12.5 Å². The van der Waals surface area contributed by atoms with Crippen LogP contribution < -0.4 is 9.44 Å². The van der Waals surface area contributed by atoms with Crippen molar-refractivity contribution in [3.8, 4) is 0 Å². The molecule has 2 aromatic carbocycles. The second-order valence-electron chi connectivity index (χ2n) is 7.48. The minimum Gasteiger partial charge on any atom is -0.273 e.